The van der Waals surface area contributed by atoms with Crippen molar-refractivity contribution in [3.8, 4) is 5.75 Å². The molecule has 1 amide bonds. The molecule has 3 unspecified atom stereocenters. The second-order valence-electron chi connectivity index (χ2n) is 8.39. The number of benzene rings is 1. The Bertz CT molecular complexity index is 1090. The molecule has 0 saturated carbocycles. The number of anilines is 1. The van der Waals surface area contributed by atoms with E-state index in [9.17, 15) is 24.9 Å². The van der Waals surface area contributed by atoms with Gasteiger partial charge in [0.05, 0.1) is 0 Å². The Morgan fingerprint density at radius 3 is 2.53 bits per heavy atom. The average molecular weight is 520 g/mol. The normalized spacial score (nSPS) is 25.6. The SMILES string of the molecule is B=C1C(C(N)=O)=C(O)CC2CC3Cc4c(N(C)C)cc(I)c(O)c4C(=O)C3=C(O)C12. The second-order valence-corrected chi connectivity index (χ2v) is 9.55. The predicted octanol–water partition coefficient (Wildman–Crippen LogP) is 1.64. The molecule has 4 rings (SSSR count). The number of aromatic hydroxyl groups is 1. The molecule has 0 saturated heterocycles. The molecule has 5 N–H and O–H groups in total. The number of hydrogen-bond donors (Lipinski definition) is 4. The number of nitrogens with zero attached hydrogens (tertiary/aromatic N) is 1. The molecular formula is C21H22BIN2O5. The number of ketones is 1. The van der Waals surface area contributed by atoms with Gasteiger partial charge in [-0.3, -0.25) is 0 Å². The number of allylic oxidation sites excluding steroid dienone is 3. The third-order valence-electron chi connectivity index (χ3n) is 6.47. The summed E-state index contributed by atoms with van der Waals surface area (Å²) in [6.45, 7) is 0. The quantitative estimate of drug-likeness (QED) is 0.348. The van der Waals surface area contributed by atoms with Gasteiger partial charge in [0.15, 0.2) is 0 Å². The first-order chi connectivity index (χ1) is 14.0. The van der Waals surface area contributed by atoms with Crippen molar-refractivity contribution in [3.63, 3.8) is 0 Å². The van der Waals surface area contributed by atoms with Gasteiger partial charge in [0, 0.05) is 0 Å². The topological polar surface area (TPSA) is 124 Å². The van der Waals surface area contributed by atoms with Gasteiger partial charge in [0.1, 0.15) is 0 Å². The van der Waals surface area contributed by atoms with Crippen molar-refractivity contribution < 1.29 is 24.9 Å². The van der Waals surface area contributed by atoms with E-state index in [-0.39, 0.29) is 57.7 Å². The number of halogens is 1. The summed E-state index contributed by atoms with van der Waals surface area (Å²) in [7, 11) is 7.66. The molecule has 7 nitrogen and oxygen atoms in total. The molecular weight excluding hydrogens is 498 g/mol. The fourth-order valence-electron chi connectivity index (χ4n) is 5.25. The first-order valence-corrected chi connectivity index (χ1v) is 10.7. The molecule has 0 bridgehead atoms. The molecule has 0 aliphatic heterocycles. The van der Waals surface area contributed by atoms with Crippen LogP contribution in [-0.4, -0.2) is 54.1 Å². The number of amides is 1. The maximum atomic E-state index is 13.5. The molecule has 0 spiro atoms. The summed E-state index contributed by atoms with van der Waals surface area (Å²) in [6.07, 6.45) is 1.22. The minimum absolute atomic E-state index is 0.0715. The molecule has 1 aromatic carbocycles. The van der Waals surface area contributed by atoms with Crippen LogP contribution in [0.2, 0.25) is 0 Å². The van der Waals surface area contributed by atoms with Crippen molar-refractivity contribution in [2.75, 3.05) is 19.0 Å². The number of phenols is 1. The molecule has 0 heterocycles. The zero-order valence-corrected chi connectivity index (χ0v) is 18.9. The predicted molar refractivity (Wildman–Crippen MR) is 124 cm³/mol. The fraction of sp³-hybridized carbons (Fsp3) is 0.381. The number of fused-ring (bicyclic) bond motifs is 3. The van der Waals surface area contributed by atoms with Crippen molar-refractivity contribution in [1.82, 2.24) is 0 Å². The van der Waals surface area contributed by atoms with E-state index in [0.717, 1.165) is 11.3 Å². The minimum atomic E-state index is -0.806. The van der Waals surface area contributed by atoms with Crippen LogP contribution in [0, 0.1) is 21.3 Å². The fourth-order valence-corrected chi connectivity index (χ4v) is 5.81. The number of carbonyl (C=O) groups is 2. The monoisotopic (exact) mass is 520 g/mol. The van der Waals surface area contributed by atoms with Crippen LogP contribution < -0.4 is 10.6 Å². The van der Waals surface area contributed by atoms with Crippen LogP contribution in [0.1, 0.15) is 28.8 Å². The third kappa shape index (κ3) is 2.89. The number of carbonyl (C=O) groups excluding carboxylic acids is 2. The Kier molecular flexibility index (Phi) is 4.99. The molecule has 9 heteroatoms. The van der Waals surface area contributed by atoms with Gasteiger partial charge in [-0.2, -0.15) is 0 Å². The van der Waals surface area contributed by atoms with E-state index >= 15 is 0 Å². The standard InChI is InChI=1S/C21H22BIN2O5/c1-25(2)11-6-10(23)18(27)15-9(11)4-7-3-8-5-12(26)16(21(24)30)17(22)13(8)19(28)14(7)20(15)29/h6-8,13,22,26-28H,3-5H2,1-2H3,(H2,24,30). The summed E-state index contributed by atoms with van der Waals surface area (Å²) >= 11 is 1.99. The van der Waals surface area contributed by atoms with Crippen molar-refractivity contribution >= 4 is 52.9 Å². The van der Waals surface area contributed by atoms with Gasteiger partial charge < -0.3 is 0 Å². The molecule has 0 fully saturated rings. The number of Topliss-reactive ketones (excluding diaryl/α,β-unsaturated/α-hetero) is 1. The van der Waals surface area contributed by atoms with Crippen LogP contribution in [0.3, 0.4) is 0 Å². The number of rotatable bonds is 2. The first kappa shape index (κ1) is 21.0. The molecule has 1 aromatic rings. The summed E-state index contributed by atoms with van der Waals surface area (Å²) in [5.41, 5.74) is 7.66. The summed E-state index contributed by atoms with van der Waals surface area (Å²) in [6, 6.07) is 1.85. The van der Waals surface area contributed by atoms with E-state index in [0.29, 0.717) is 16.4 Å². The van der Waals surface area contributed by atoms with Gasteiger partial charge in [-0.25, -0.2) is 0 Å². The Morgan fingerprint density at radius 2 is 1.93 bits per heavy atom. The number of hydrogen-bond acceptors (Lipinski definition) is 6. The molecule has 0 aromatic heterocycles. The van der Waals surface area contributed by atoms with Crippen LogP contribution in [0.5, 0.6) is 5.75 Å². The Hall–Kier alpha value is -2.30. The van der Waals surface area contributed by atoms with E-state index in [1.807, 2.05) is 47.7 Å². The van der Waals surface area contributed by atoms with Gasteiger partial charge in [0.2, 0.25) is 0 Å². The Morgan fingerprint density at radius 1 is 1.27 bits per heavy atom. The van der Waals surface area contributed by atoms with Crippen LogP contribution in [-0.2, 0) is 11.2 Å². The number of primary amides is 1. The molecule has 0 radical (unpaired) electrons. The molecule has 3 aliphatic rings. The molecule has 156 valence electrons. The van der Waals surface area contributed by atoms with E-state index in [2.05, 4.69) is 7.49 Å². The molecule has 30 heavy (non-hydrogen) atoms. The first-order valence-electron chi connectivity index (χ1n) is 9.65. The second kappa shape index (κ2) is 7.14. The zero-order chi connectivity index (χ0) is 22.1. The number of aliphatic hydroxyl groups excluding tert-OH is 2. The maximum absolute atomic E-state index is 13.5. The summed E-state index contributed by atoms with van der Waals surface area (Å²) in [5.74, 6) is -2.63. The van der Waals surface area contributed by atoms with Crippen molar-refractivity contribution in [2.45, 2.75) is 19.3 Å². The van der Waals surface area contributed by atoms with E-state index in [4.69, 9.17) is 5.73 Å². The van der Waals surface area contributed by atoms with Crippen LogP contribution in [0.25, 0.3) is 0 Å². The Balaban J connectivity index is 1.89. The van der Waals surface area contributed by atoms with Crippen molar-refractivity contribution in [1.29, 1.82) is 0 Å². The Labute approximate surface area is 188 Å². The van der Waals surface area contributed by atoms with E-state index < -0.39 is 17.6 Å². The van der Waals surface area contributed by atoms with Crippen LogP contribution in [0.4, 0.5) is 5.69 Å². The average Bonchev–Trinajstić information content (AvgIpc) is 2.63. The summed E-state index contributed by atoms with van der Waals surface area (Å²) < 4.78 is 0.557. The summed E-state index contributed by atoms with van der Waals surface area (Å²) in [5, 5.41) is 32.1. The van der Waals surface area contributed by atoms with E-state index in [1.165, 1.54) is 0 Å². The van der Waals surface area contributed by atoms with Crippen molar-refractivity contribution in [3.05, 3.63) is 43.4 Å². The third-order valence-corrected chi connectivity index (χ3v) is 7.29. The molecule has 3 aliphatic carbocycles. The van der Waals surface area contributed by atoms with Gasteiger partial charge in [-0.05, 0) is 0 Å². The number of phenolic OH excluding ortho intramolecular Hbond substituents is 1. The number of aliphatic hydroxyl groups is 2. The zero-order valence-electron chi connectivity index (χ0n) is 16.7. The number of nitrogens with two attached hydrogens (primary N) is 1. The van der Waals surface area contributed by atoms with Gasteiger partial charge in [-0.1, -0.05) is 0 Å². The van der Waals surface area contributed by atoms with Crippen LogP contribution in [0.15, 0.2) is 28.7 Å². The van der Waals surface area contributed by atoms with Crippen molar-refractivity contribution in [2.24, 2.45) is 23.5 Å². The van der Waals surface area contributed by atoms with Gasteiger partial charge >= 0.3 is 189 Å². The van der Waals surface area contributed by atoms with Gasteiger partial charge in [-0.15, -0.1) is 0 Å². The van der Waals surface area contributed by atoms with Gasteiger partial charge in [0.25, 0.3) is 0 Å². The van der Waals surface area contributed by atoms with Crippen LogP contribution >= 0.6 is 22.6 Å². The summed E-state index contributed by atoms with van der Waals surface area (Å²) in [4.78, 5) is 27.2. The van der Waals surface area contributed by atoms with E-state index in [1.54, 1.807) is 0 Å². The molecule has 3 atom stereocenters.